The van der Waals surface area contributed by atoms with Crippen molar-refractivity contribution < 1.29 is 28.8 Å². The fraction of sp³-hybridized carbons (Fsp3) is 0.323. The van der Waals surface area contributed by atoms with Crippen LogP contribution in [0, 0.1) is 20.2 Å². The Bertz CT molecular complexity index is 3300. The third kappa shape index (κ3) is 14.6. The fourth-order valence-corrected chi connectivity index (χ4v) is 10.1. The third-order valence-electron chi connectivity index (χ3n) is 13.8. The van der Waals surface area contributed by atoms with Crippen molar-refractivity contribution >= 4 is 58.4 Å². The van der Waals surface area contributed by atoms with Crippen LogP contribution >= 0.6 is 0 Å². The molecule has 84 heavy (non-hydrogen) atoms. The van der Waals surface area contributed by atoms with Gasteiger partial charge in [0, 0.05) is 106 Å². The summed E-state index contributed by atoms with van der Waals surface area (Å²) in [7, 11) is 0. The minimum atomic E-state index is -0.410. The maximum absolute atomic E-state index is 13.2. The minimum absolute atomic E-state index is 0.0363. The summed E-state index contributed by atoms with van der Waals surface area (Å²) in [5, 5.41) is 39.7. The van der Waals surface area contributed by atoms with Crippen LogP contribution in [-0.4, -0.2) is 66.2 Å². The molecule has 2 aromatic heterocycles. The average Bonchev–Trinajstić information content (AvgIpc) is 1.67. The molecule has 0 saturated heterocycles. The maximum Gasteiger partial charge on any atom is 0.270 e. The summed E-state index contributed by atoms with van der Waals surface area (Å²) in [6.07, 6.45) is 2.84. The van der Waals surface area contributed by atoms with Crippen LogP contribution in [0.2, 0.25) is 0 Å². The lowest BCUT2D eigenvalue weighted by Gasteiger charge is -2.24. The molecule has 0 aliphatic heterocycles. The zero-order valence-electron chi connectivity index (χ0n) is 48.0. The standard InChI is InChI=1S/C62H70N14O8/c1-7-21-81-53-41-25-45-33-51(75(77)78)35-47(55(45)83-23-9-3)27-43-31-50(68-62-72-58(64)70-60(74-62)66-38(6)40-19-15-12-16-20-40)32-44(54(43)82-22-8-2)28-48-36-52(76(79)80)34-46(56(48)84-24-10-4)26-42(53)30-49(29-41)67-61-71-57(63)69-59(73-61)65-37(5)39-17-13-11-14-18-39/h11-20,29-38H,7-10,21-28H2,1-6H3,(H4,63,65,67,69,71,73)(H4,64,66,68,70,72,74)/t37-,38+. The summed E-state index contributed by atoms with van der Waals surface area (Å²) in [6.45, 7) is 13.1. The first kappa shape index (κ1) is 58.8. The third-order valence-corrected chi connectivity index (χ3v) is 13.8. The number of nitro groups is 2. The lowest BCUT2D eigenvalue weighted by molar-refractivity contribution is -0.385. The van der Waals surface area contributed by atoms with Crippen molar-refractivity contribution in [2.45, 2.75) is 105 Å². The van der Waals surface area contributed by atoms with Gasteiger partial charge in [0.15, 0.2) is 0 Å². The quantitative estimate of drug-likeness (QED) is 0.0242. The van der Waals surface area contributed by atoms with Crippen LogP contribution in [0.5, 0.6) is 23.0 Å². The first-order valence-electron chi connectivity index (χ1n) is 28.3. The molecule has 1 aliphatic rings. The largest absolute Gasteiger partial charge is 0.493 e. The molecule has 8 N–H and O–H groups in total. The molecule has 8 aromatic rings. The van der Waals surface area contributed by atoms with E-state index in [4.69, 9.17) is 40.4 Å². The van der Waals surface area contributed by atoms with Gasteiger partial charge in [0.25, 0.3) is 11.4 Å². The number of fused-ring (bicyclic) bond motifs is 8. The van der Waals surface area contributed by atoms with E-state index in [1.807, 2.05) is 126 Å². The van der Waals surface area contributed by atoms with Crippen molar-refractivity contribution in [3.8, 4) is 23.0 Å². The van der Waals surface area contributed by atoms with Crippen molar-refractivity contribution in [2.75, 3.05) is 59.2 Å². The Labute approximate surface area is 487 Å². The summed E-state index contributed by atoms with van der Waals surface area (Å²) in [5.41, 5.74) is 19.9. The van der Waals surface area contributed by atoms with Crippen LogP contribution in [0.25, 0.3) is 0 Å². The highest BCUT2D eigenvalue weighted by molar-refractivity contribution is 5.68. The van der Waals surface area contributed by atoms with E-state index in [1.54, 1.807) is 0 Å². The highest BCUT2D eigenvalue weighted by Crippen LogP contribution is 2.44. The van der Waals surface area contributed by atoms with Crippen LogP contribution in [0.4, 0.5) is 58.4 Å². The smallest absolute Gasteiger partial charge is 0.270 e. The number of hydrogen-bond donors (Lipinski definition) is 6. The summed E-state index contributed by atoms with van der Waals surface area (Å²) in [5.74, 6) is 2.53. The van der Waals surface area contributed by atoms with Crippen LogP contribution in [0.1, 0.15) is 135 Å². The van der Waals surface area contributed by atoms with Crippen LogP contribution in [0.15, 0.2) is 109 Å². The molecule has 0 amide bonds. The molecule has 9 rings (SSSR count). The molecule has 22 nitrogen and oxygen atoms in total. The Morgan fingerprint density at radius 1 is 0.440 bits per heavy atom. The van der Waals surface area contributed by atoms with Crippen molar-refractivity contribution in [2.24, 2.45) is 0 Å². The number of non-ortho nitro benzene ring substituents is 2. The fourth-order valence-electron chi connectivity index (χ4n) is 10.1. The molecule has 0 radical (unpaired) electrons. The first-order valence-corrected chi connectivity index (χ1v) is 28.3. The van der Waals surface area contributed by atoms with E-state index in [2.05, 4.69) is 41.2 Å². The second-order valence-corrected chi connectivity index (χ2v) is 20.5. The Morgan fingerprint density at radius 2 is 0.714 bits per heavy atom. The number of rotatable bonds is 24. The van der Waals surface area contributed by atoms with Crippen LogP contribution in [-0.2, 0) is 25.7 Å². The number of nitro benzene ring substituents is 2. The van der Waals surface area contributed by atoms with Crippen molar-refractivity contribution in [3.05, 3.63) is 185 Å². The molecule has 6 aromatic carbocycles. The summed E-state index contributed by atoms with van der Waals surface area (Å²) in [4.78, 5) is 52.7. The average molecular weight is 1140 g/mol. The van der Waals surface area contributed by atoms with E-state index >= 15 is 0 Å². The van der Waals surface area contributed by atoms with E-state index in [9.17, 15) is 20.2 Å². The normalized spacial score (nSPS) is 12.5. The number of hydrogen-bond acceptors (Lipinski definition) is 20. The number of aromatic nitrogens is 6. The molecule has 0 fully saturated rings. The lowest BCUT2D eigenvalue weighted by Crippen LogP contribution is -2.13. The molecule has 0 spiro atoms. The molecule has 2 heterocycles. The molecule has 22 heteroatoms. The molecule has 436 valence electrons. The molecular formula is C62H70N14O8. The van der Waals surface area contributed by atoms with Gasteiger partial charge in [-0.3, -0.25) is 20.2 Å². The number of benzene rings is 6. The monoisotopic (exact) mass is 1140 g/mol. The van der Waals surface area contributed by atoms with Gasteiger partial charge in [0.05, 0.1) is 48.4 Å². The van der Waals surface area contributed by atoms with Crippen molar-refractivity contribution in [1.29, 1.82) is 0 Å². The topological polar surface area (TPSA) is 301 Å². The number of anilines is 8. The van der Waals surface area contributed by atoms with E-state index in [0.29, 0.717) is 131 Å². The van der Waals surface area contributed by atoms with Crippen LogP contribution < -0.4 is 51.7 Å². The molecule has 8 bridgehead atoms. The predicted molar refractivity (Wildman–Crippen MR) is 325 cm³/mol. The molecule has 0 unspecified atom stereocenters. The van der Waals surface area contributed by atoms with Gasteiger partial charge in [0.2, 0.25) is 35.7 Å². The number of nitrogen functional groups attached to an aromatic ring is 2. The second kappa shape index (κ2) is 27.3. The van der Waals surface area contributed by atoms with Gasteiger partial charge in [-0.2, -0.15) is 29.9 Å². The molecular weight excluding hydrogens is 1070 g/mol. The highest BCUT2D eigenvalue weighted by atomic mass is 16.6. The van der Waals surface area contributed by atoms with E-state index in [-0.39, 0.29) is 84.8 Å². The number of nitrogens with two attached hydrogens (primary N) is 2. The van der Waals surface area contributed by atoms with Crippen molar-refractivity contribution in [1.82, 2.24) is 29.9 Å². The number of ether oxygens (including phenoxy) is 4. The van der Waals surface area contributed by atoms with Gasteiger partial charge in [-0.15, -0.1) is 0 Å². The summed E-state index contributed by atoms with van der Waals surface area (Å²) < 4.78 is 26.9. The highest BCUT2D eigenvalue weighted by Gasteiger charge is 2.28. The number of nitrogens with one attached hydrogen (secondary N) is 4. The Morgan fingerprint density at radius 3 is 0.988 bits per heavy atom. The van der Waals surface area contributed by atoms with Crippen molar-refractivity contribution in [3.63, 3.8) is 0 Å². The van der Waals surface area contributed by atoms with E-state index in [0.717, 1.165) is 11.1 Å². The molecule has 1 aliphatic carbocycles. The maximum atomic E-state index is 13.2. The zero-order chi connectivity index (χ0) is 59.3. The second-order valence-electron chi connectivity index (χ2n) is 20.5. The van der Waals surface area contributed by atoms with Gasteiger partial charge < -0.3 is 51.7 Å². The van der Waals surface area contributed by atoms with Gasteiger partial charge in [-0.05, 0) is 74.9 Å². The van der Waals surface area contributed by atoms with E-state index in [1.165, 1.54) is 24.3 Å². The zero-order valence-corrected chi connectivity index (χ0v) is 48.0. The molecule has 0 saturated carbocycles. The number of nitrogens with zero attached hydrogens (tertiary/aromatic N) is 8. The predicted octanol–water partition coefficient (Wildman–Crippen LogP) is 12.7. The van der Waals surface area contributed by atoms with E-state index < -0.39 is 9.85 Å². The van der Waals surface area contributed by atoms with Gasteiger partial charge in [-0.1, -0.05) is 88.4 Å². The Hall–Kier alpha value is -9.86. The van der Waals surface area contributed by atoms with Gasteiger partial charge in [-0.25, -0.2) is 0 Å². The SMILES string of the molecule is CCCOc1c2cc(Nc3nc(N)nc(N[C@@H](C)c4ccccc4)n3)cc1Cc1cc([N+](=O)[O-])cc(c1OCCC)Cc1cc(Nc3nc(N)nc(N[C@H](C)c4ccccc4)n3)cc(c1OCCC)Cc1cc([N+](=O)[O-])cc(c1OCCC)C2. The summed E-state index contributed by atoms with van der Waals surface area (Å²) in [6, 6.07) is 32.9. The Kier molecular flexibility index (Phi) is 19.1. The van der Waals surface area contributed by atoms with Crippen LogP contribution in [0.3, 0.4) is 0 Å². The first-order chi connectivity index (χ1) is 40.7. The van der Waals surface area contributed by atoms with Gasteiger partial charge in [0.1, 0.15) is 23.0 Å². The van der Waals surface area contributed by atoms with Gasteiger partial charge >= 0.3 is 0 Å². The molecule has 2 atom stereocenters. The minimum Gasteiger partial charge on any atom is -0.493 e. The summed E-state index contributed by atoms with van der Waals surface area (Å²) >= 11 is 0. The lowest BCUT2D eigenvalue weighted by atomic mass is 9.90. The Balaban J connectivity index is 1.26.